The fourth-order valence-corrected chi connectivity index (χ4v) is 2.36. The van der Waals surface area contributed by atoms with Crippen LogP contribution in [0.4, 0.5) is 0 Å². The zero-order valence-corrected chi connectivity index (χ0v) is 11.9. The van der Waals surface area contributed by atoms with Crippen molar-refractivity contribution >= 4 is 23.1 Å². The minimum absolute atomic E-state index is 0.0547. The van der Waals surface area contributed by atoms with Gasteiger partial charge < -0.3 is 20.6 Å². The van der Waals surface area contributed by atoms with Crippen molar-refractivity contribution in [3.63, 3.8) is 0 Å². The smallest absolute Gasteiger partial charge is 0.264 e. The van der Waals surface area contributed by atoms with Crippen LogP contribution in [-0.2, 0) is 4.74 Å². The second-order valence-electron chi connectivity index (χ2n) is 4.04. The number of ether oxygens (including phenoxy) is 1. The summed E-state index contributed by atoms with van der Waals surface area (Å²) in [5.41, 5.74) is 5.43. The Morgan fingerprint density at radius 2 is 2.26 bits per heavy atom. The molecule has 0 aromatic carbocycles. The lowest BCUT2D eigenvalue weighted by Gasteiger charge is -2.21. The van der Waals surface area contributed by atoms with E-state index in [0.717, 1.165) is 4.88 Å². The molecular weight excluding hydrogens is 266 g/mol. The standard InChI is InChI=1S/C12H19N3O3S/c1-9-3-4-10(19-9)12(16)15(7-8-18-2)6-5-11(13)14-17/h3-4,17H,5-8H2,1-2H3,(H2,13,14). The summed E-state index contributed by atoms with van der Waals surface area (Å²) in [7, 11) is 1.58. The van der Waals surface area contributed by atoms with E-state index in [-0.39, 0.29) is 11.7 Å². The van der Waals surface area contributed by atoms with E-state index in [9.17, 15) is 4.79 Å². The molecule has 106 valence electrons. The Hall–Kier alpha value is -1.60. The molecule has 3 N–H and O–H groups in total. The number of aryl methyl sites for hydroxylation is 1. The van der Waals surface area contributed by atoms with E-state index in [2.05, 4.69) is 5.16 Å². The number of carbonyl (C=O) groups is 1. The topological polar surface area (TPSA) is 88.2 Å². The fourth-order valence-electron chi connectivity index (χ4n) is 1.52. The second-order valence-corrected chi connectivity index (χ2v) is 5.32. The number of hydrogen-bond donors (Lipinski definition) is 2. The van der Waals surface area contributed by atoms with Gasteiger partial charge in [0.25, 0.3) is 5.91 Å². The van der Waals surface area contributed by atoms with Gasteiger partial charge in [-0.3, -0.25) is 4.79 Å². The van der Waals surface area contributed by atoms with Crippen LogP contribution in [0.15, 0.2) is 17.3 Å². The molecule has 0 fully saturated rings. The lowest BCUT2D eigenvalue weighted by atomic mass is 10.3. The van der Waals surface area contributed by atoms with Gasteiger partial charge in [0, 0.05) is 31.5 Å². The molecular formula is C12H19N3O3S. The quantitative estimate of drug-likeness (QED) is 0.342. The first kappa shape index (κ1) is 15.5. The molecule has 1 rings (SSSR count). The fraction of sp³-hybridized carbons (Fsp3) is 0.500. The van der Waals surface area contributed by atoms with E-state index in [1.807, 2.05) is 19.1 Å². The maximum absolute atomic E-state index is 12.3. The van der Waals surface area contributed by atoms with Crippen LogP contribution in [0.25, 0.3) is 0 Å². The van der Waals surface area contributed by atoms with Gasteiger partial charge in [0.2, 0.25) is 0 Å². The molecule has 0 bridgehead atoms. The van der Waals surface area contributed by atoms with Crippen LogP contribution in [0.2, 0.25) is 0 Å². The van der Waals surface area contributed by atoms with Crippen molar-refractivity contribution < 1.29 is 14.7 Å². The maximum Gasteiger partial charge on any atom is 0.264 e. The van der Waals surface area contributed by atoms with E-state index in [1.165, 1.54) is 11.3 Å². The Bertz CT molecular complexity index is 445. The third-order valence-electron chi connectivity index (χ3n) is 2.57. The van der Waals surface area contributed by atoms with Crippen LogP contribution in [0.1, 0.15) is 21.0 Å². The summed E-state index contributed by atoms with van der Waals surface area (Å²) in [6.07, 6.45) is 0.330. The molecule has 0 saturated carbocycles. The molecule has 1 aromatic heterocycles. The summed E-state index contributed by atoms with van der Waals surface area (Å²) in [6, 6.07) is 3.72. The number of amides is 1. The van der Waals surface area contributed by atoms with Crippen LogP contribution in [0.5, 0.6) is 0 Å². The van der Waals surface area contributed by atoms with Gasteiger partial charge >= 0.3 is 0 Å². The summed E-state index contributed by atoms with van der Waals surface area (Å²) >= 11 is 1.45. The molecule has 1 aromatic rings. The van der Waals surface area contributed by atoms with E-state index >= 15 is 0 Å². The average molecular weight is 285 g/mol. The third kappa shape index (κ3) is 4.88. The van der Waals surface area contributed by atoms with Crippen LogP contribution in [0, 0.1) is 6.92 Å². The van der Waals surface area contributed by atoms with Crippen molar-refractivity contribution in [2.75, 3.05) is 26.8 Å². The van der Waals surface area contributed by atoms with Gasteiger partial charge in [0.15, 0.2) is 0 Å². The SMILES string of the molecule is COCCN(CCC(N)=NO)C(=O)c1ccc(C)s1. The third-order valence-corrected chi connectivity index (χ3v) is 3.56. The summed E-state index contributed by atoms with van der Waals surface area (Å²) in [5.74, 6) is 0.0541. The van der Waals surface area contributed by atoms with Gasteiger partial charge in [-0.15, -0.1) is 11.3 Å². The minimum Gasteiger partial charge on any atom is -0.409 e. The van der Waals surface area contributed by atoms with E-state index in [4.69, 9.17) is 15.7 Å². The predicted octanol–water partition coefficient (Wildman–Crippen LogP) is 1.28. The number of hydrogen-bond acceptors (Lipinski definition) is 5. The average Bonchev–Trinajstić information content (AvgIpc) is 2.84. The van der Waals surface area contributed by atoms with Crippen molar-refractivity contribution in [3.05, 3.63) is 21.9 Å². The number of rotatable bonds is 7. The summed E-state index contributed by atoms with van der Waals surface area (Å²) in [4.78, 5) is 15.7. The molecule has 0 atom stereocenters. The van der Waals surface area contributed by atoms with E-state index < -0.39 is 0 Å². The highest BCUT2D eigenvalue weighted by molar-refractivity contribution is 7.13. The molecule has 0 unspecified atom stereocenters. The van der Waals surface area contributed by atoms with Gasteiger partial charge in [0.1, 0.15) is 5.84 Å². The van der Waals surface area contributed by atoms with Crippen LogP contribution >= 0.6 is 11.3 Å². The highest BCUT2D eigenvalue weighted by Crippen LogP contribution is 2.17. The molecule has 7 heteroatoms. The van der Waals surface area contributed by atoms with Gasteiger partial charge in [0.05, 0.1) is 11.5 Å². The second kappa shape index (κ2) is 7.75. The van der Waals surface area contributed by atoms with Crippen molar-refractivity contribution in [3.8, 4) is 0 Å². The summed E-state index contributed by atoms with van der Waals surface area (Å²) in [6.45, 7) is 3.28. The predicted molar refractivity (Wildman–Crippen MR) is 74.9 cm³/mol. The zero-order chi connectivity index (χ0) is 14.3. The Morgan fingerprint density at radius 1 is 1.53 bits per heavy atom. The molecule has 0 spiro atoms. The van der Waals surface area contributed by atoms with Gasteiger partial charge in [-0.25, -0.2) is 0 Å². The number of nitrogens with zero attached hydrogens (tertiary/aromatic N) is 2. The molecule has 6 nitrogen and oxygen atoms in total. The number of methoxy groups -OCH3 is 1. The number of carbonyl (C=O) groups excluding carboxylic acids is 1. The van der Waals surface area contributed by atoms with Crippen molar-refractivity contribution in [1.29, 1.82) is 0 Å². The Labute approximate surface area is 116 Å². The van der Waals surface area contributed by atoms with Crippen LogP contribution in [-0.4, -0.2) is 48.7 Å². The van der Waals surface area contributed by atoms with Crippen LogP contribution < -0.4 is 5.73 Å². The van der Waals surface area contributed by atoms with Crippen molar-refractivity contribution in [1.82, 2.24) is 4.90 Å². The molecule has 1 heterocycles. The first-order valence-corrected chi connectivity index (χ1v) is 6.71. The maximum atomic E-state index is 12.3. The normalized spacial score (nSPS) is 11.6. The van der Waals surface area contributed by atoms with Crippen LogP contribution in [0.3, 0.4) is 0 Å². The lowest BCUT2D eigenvalue weighted by molar-refractivity contribution is 0.0705. The Kier molecular flexibility index (Phi) is 6.31. The molecule has 0 saturated heterocycles. The lowest BCUT2D eigenvalue weighted by Crippen LogP contribution is -2.36. The molecule has 0 radical (unpaired) electrons. The van der Waals surface area contributed by atoms with E-state index in [1.54, 1.807) is 12.0 Å². The monoisotopic (exact) mass is 285 g/mol. The molecule has 0 aliphatic carbocycles. The number of nitrogens with two attached hydrogens (primary N) is 1. The number of thiophene rings is 1. The summed E-state index contributed by atoms with van der Waals surface area (Å²) < 4.78 is 5.00. The van der Waals surface area contributed by atoms with Gasteiger partial charge in [-0.2, -0.15) is 0 Å². The van der Waals surface area contributed by atoms with Gasteiger partial charge in [-0.05, 0) is 19.1 Å². The molecule has 1 amide bonds. The largest absolute Gasteiger partial charge is 0.409 e. The zero-order valence-electron chi connectivity index (χ0n) is 11.1. The molecule has 0 aliphatic heterocycles. The van der Waals surface area contributed by atoms with Gasteiger partial charge in [-0.1, -0.05) is 5.16 Å². The van der Waals surface area contributed by atoms with Crippen molar-refractivity contribution in [2.45, 2.75) is 13.3 Å². The number of amidine groups is 1. The Morgan fingerprint density at radius 3 is 2.79 bits per heavy atom. The highest BCUT2D eigenvalue weighted by atomic mass is 32.1. The molecule has 19 heavy (non-hydrogen) atoms. The minimum atomic E-state index is -0.0547. The summed E-state index contributed by atoms with van der Waals surface area (Å²) in [5, 5.41) is 11.4. The van der Waals surface area contributed by atoms with E-state index in [0.29, 0.717) is 31.0 Å². The number of oxime groups is 1. The first-order valence-electron chi connectivity index (χ1n) is 5.89. The first-order chi connectivity index (χ1) is 9.08. The highest BCUT2D eigenvalue weighted by Gasteiger charge is 2.17. The molecule has 0 aliphatic rings. The van der Waals surface area contributed by atoms with Crippen molar-refractivity contribution in [2.24, 2.45) is 10.9 Å². The Balaban J connectivity index is 2.69.